The molecule has 0 aliphatic heterocycles. The normalized spacial score (nSPS) is 11.3. The Labute approximate surface area is 137 Å². The minimum absolute atomic E-state index is 0.0503. The molecular formula is C19H22ClNO. The molecule has 0 bridgehead atoms. The molecule has 1 N–H and O–H groups in total. The van der Waals surface area contributed by atoms with E-state index in [0.29, 0.717) is 17.1 Å². The predicted octanol–water partition coefficient (Wildman–Crippen LogP) is 4.86. The van der Waals surface area contributed by atoms with Gasteiger partial charge in [-0.15, -0.1) is 0 Å². The maximum Gasteiger partial charge on any atom is 0.251 e. The fraction of sp³-hybridized carbons (Fsp3) is 0.316. The topological polar surface area (TPSA) is 29.1 Å². The summed E-state index contributed by atoms with van der Waals surface area (Å²) in [5.41, 5.74) is 3.13. The van der Waals surface area contributed by atoms with E-state index < -0.39 is 0 Å². The second-order valence-corrected chi connectivity index (χ2v) is 7.18. The third-order valence-corrected chi connectivity index (χ3v) is 3.54. The van der Waals surface area contributed by atoms with Crippen LogP contribution in [0.25, 0.3) is 0 Å². The Bertz CT molecular complexity index is 641. The zero-order chi connectivity index (χ0) is 16.2. The van der Waals surface area contributed by atoms with Gasteiger partial charge in [0.25, 0.3) is 5.91 Å². The molecule has 0 unspecified atom stereocenters. The molecule has 2 nitrogen and oxygen atoms in total. The van der Waals surface area contributed by atoms with Crippen LogP contribution in [-0.4, -0.2) is 5.91 Å². The lowest BCUT2D eigenvalue weighted by Gasteiger charge is -2.18. The Morgan fingerprint density at radius 1 is 1.05 bits per heavy atom. The molecule has 1 amide bonds. The van der Waals surface area contributed by atoms with Crippen LogP contribution in [0, 0.1) is 5.41 Å². The Balaban J connectivity index is 2.00. The summed E-state index contributed by atoms with van der Waals surface area (Å²) in [7, 11) is 0. The highest BCUT2D eigenvalue weighted by Gasteiger charge is 2.13. The van der Waals surface area contributed by atoms with E-state index in [-0.39, 0.29) is 11.3 Å². The zero-order valence-electron chi connectivity index (χ0n) is 13.3. The predicted molar refractivity (Wildman–Crippen MR) is 92.2 cm³/mol. The molecule has 22 heavy (non-hydrogen) atoms. The minimum Gasteiger partial charge on any atom is -0.348 e. The van der Waals surface area contributed by atoms with E-state index in [1.54, 1.807) is 0 Å². The van der Waals surface area contributed by atoms with Crippen molar-refractivity contribution in [3.05, 3.63) is 70.2 Å². The van der Waals surface area contributed by atoms with Crippen molar-refractivity contribution >= 4 is 17.5 Å². The van der Waals surface area contributed by atoms with E-state index in [2.05, 4.69) is 32.2 Å². The average Bonchev–Trinajstić information content (AvgIpc) is 2.45. The molecule has 0 aromatic heterocycles. The molecule has 0 atom stereocenters. The quantitative estimate of drug-likeness (QED) is 0.857. The fourth-order valence-corrected chi connectivity index (χ4v) is 2.45. The van der Waals surface area contributed by atoms with Gasteiger partial charge >= 0.3 is 0 Å². The highest BCUT2D eigenvalue weighted by Crippen LogP contribution is 2.21. The SMILES string of the molecule is CC(C)(C)Cc1cccc(C(=O)NCc2ccc(Cl)cc2)c1. The molecule has 0 spiro atoms. The average molecular weight is 316 g/mol. The first-order chi connectivity index (χ1) is 10.3. The molecule has 116 valence electrons. The largest absolute Gasteiger partial charge is 0.348 e. The van der Waals surface area contributed by atoms with Crippen molar-refractivity contribution in [2.75, 3.05) is 0 Å². The first-order valence-corrected chi connectivity index (χ1v) is 7.83. The molecule has 0 fully saturated rings. The van der Waals surface area contributed by atoms with E-state index >= 15 is 0 Å². The van der Waals surface area contributed by atoms with E-state index in [1.165, 1.54) is 5.56 Å². The van der Waals surface area contributed by atoms with Gasteiger partial charge in [-0.25, -0.2) is 0 Å². The van der Waals surface area contributed by atoms with Gasteiger partial charge < -0.3 is 5.32 Å². The van der Waals surface area contributed by atoms with Crippen LogP contribution in [0.3, 0.4) is 0 Å². The lowest BCUT2D eigenvalue weighted by Crippen LogP contribution is -2.23. The molecule has 0 aliphatic carbocycles. The molecule has 2 aromatic carbocycles. The van der Waals surface area contributed by atoms with Crippen molar-refractivity contribution in [3.8, 4) is 0 Å². The van der Waals surface area contributed by atoms with Crippen LogP contribution in [-0.2, 0) is 13.0 Å². The third kappa shape index (κ3) is 5.19. The third-order valence-electron chi connectivity index (χ3n) is 3.29. The molecule has 3 heteroatoms. The number of amides is 1. The summed E-state index contributed by atoms with van der Waals surface area (Å²) in [6, 6.07) is 15.3. The van der Waals surface area contributed by atoms with Gasteiger partial charge in [0.15, 0.2) is 0 Å². The molecule has 0 aliphatic rings. The lowest BCUT2D eigenvalue weighted by atomic mass is 9.87. The van der Waals surface area contributed by atoms with Crippen LogP contribution in [0.15, 0.2) is 48.5 Å². The second kappa shape index (κ2) is 6.97. The molecule has 2 aromatic rings. The molecule has 2 rings (SSSR count). The van der Waals surface area contributed by atoms with E-state index in [4.69, 9.17) is 11.6 Å². The molecular weight excluding hydrogens is 294 g/mol. The van der Waals surface area contributed by atoms with E-state index in [9.17, 15) is 4.79 Å². The number of halogens is 1. The van der Waals surface area contributed by atoms with Crippen molar-refractivity contribution in [2.24, 2.45) is 5.41 Å². The van der Waals surface area contributed by atoms with E-state index in [0.717, 1.165) is 12.0 Å². The first kappa shape index (κ1) is 16.6. The summed E-state index contributed by atoms with van der Waals surface area (Å²) >= 11 is 5.85. The second-order valence-electron chi connectivity index (χ2n) is 6.75. The number of rotatable bonds is 4. The van der Waals surface area contributed by atoms with Crippen LogP contribution in [0.5, 0.6) is 0 Å². The Morgan fingerprint density at radius 3 is 2.36 bits per heavy atom. The first-order valence-electron chi connectivity index (χ1n) is 7.45. The van der Waals surface area contributed by atoms with Gasteiger partial charge in [0.2, 0.25) is 0 Å². The van der Waals surface area contributed by atoms with Gasteiger partial charge in [0, 0.05) is 17.1 Å². The van der Waals surface area contributed by atoms with Crippen molar-refractivity contribution in [1.82, 2.24) is 5.32 Å². The summed E-state index contributed by atoms with van der Waals surface area (Å²) in [6.45, 7) is 7.08. The van der Waals surface area contributed by atoms with Crippen LogP contribution < -0.4 is 5.32 Å². The van der Waals surface area contributed by atoms with Crippen molar-refractivity contribution in [3.63, 3.8) is 0 Å². The number of hydrogen-bond donors (Lipinski definition) is 1. The highest BCUT2D eigenvalue weighted by molar-refractivity contribution is 6.30. The van der Waals surface area contributed by atoms with Crippen molar-refractivity contribution < 1.29 is 4.79 Å². The Kier molecular flexibility index (Phi) is 5.25. The highest BCUT2D eigenvalue weighted by atomic mass is 35.5. The van der Waals surface area contributed by atoms with Gasteiger partial charge in [-0.3, -0.25) is 4.79 Å². The Morgan fingerprint density at radius 2 is 1.73 bits per heavy atom. The summed E-state index contributed by atoms with van der Waals surface area (Å²) in [5.74, 6) is -0.0503. The van der Waals surface area contributed by atoms with Crippen LogP contribution in [0.2, 0.25) is 5.02 Å². The molecule has 0 radical (unpaired) electrons. The number of carbonyl (C=O) groups excluding carboxylic acids is 1. The van der Waals surface area contributed by atoms with E-state index in [1.807, 2.05) is 42.5 Å². The van der Waals surface area contributed by atoms with Crippen LogP contribution in [0.1, 0.15) is 42.3 Å². The van der Waals surface area contributed by atoms with Crippen LogP contribution >= 0.6 is 11.6 Å². The molecule has 0 heterocycles. The van der Waals surface area contributed by atoms with Crippen molar-refractivity contribution in [1.29, 1.82) is 0 Å². The smallest absolute Gasteiger partial charge is 0.251 e. The maximum atomic E-state index is 12.3. The minimum atomic E-state index is -0.0503. The van der Waals surface area contributed by atoms with Gasteiger partial charge in [-0.05, 0) is 47.2 Å². The number of benzene rings is 2. The van der Waals surface area contributed by atoms with Gasteiger partial charge in [-0.1, -0.05) is 56.6 Å². The zero-order valence-corrected chi connectivity index (χ0v) is 14.1. The standard InChI is InChI=1S/C19H22ClNO/c1-19(2,3)12-15-5-4-6-16(11-15)18(22)21-13-14-7-9-17(20)10-8-14/h4-11H,12-13H2,1-3H3,(H,21,22). The molecule has 0 saturated carbocycles. The lowest BCUT2D eigenvalue weighted by molar-refractivity contribution is 0.0950. The van der Waals surface area contributed by atoms with Crippen molar-refractivity contribution in [2.45, 2.75) is 33.7 Å². The molecule has 0 saturated heterocycles. The summed E-state index contributed by atoms with van der Waals surface area (Å²) in [4.78, 5) is 12.3. The maximum absolute atomic E-state index is 12.3. The fourth-order valence-electron chi connectivity index (χ4n) is 2.32. The van der Waals surface area contributed by atoms with Gasteiger partial charge in [0.05, 0.1) is 0 Å². The summed E-state index contributed by atoms with van der Waals surface area (Å²) in [6.07, 6.45) is 0.950. The van der Waals surface area contributed by atoms with Gasteiger partial charge in [-0.2, -0.15) is 0 Å². The number of hydrogen-bond acceptors (Lipinski definition) is 1. The summed E-state index contributed by atoms with van der Waals surface area (Å²) in [5, 5.41) is 3.64. The van der Waals surface area contributed by atoms with Crippen LogP contribution in [0.4, 0.5) is 0 Å². The monoisotopic (exact) mass is 315 g/mol. The Hall–Kier alpha value is -1.80. The number of nitrogens with one attached hydrogen (secondary N) is 1. The number of carbonyl (C=O) groups is 1. The summed E-state index contributed by atoms with van der Waals surface area (Å²) < 4.78 is 0. The van der Waals surface area contributed by atoms with Gasteiger partial charge in [0.1, 0.15) is 0 Å².